The summed E-state index contributed by atoms with van der Waals surface area (Å²) in [5, 5.41) is 12.0. The first-order chi connectivity index (χ1) is 13.0. The molecule has 0 saturated heterocycles. The molecule has 3 amide bonds. The summed E-state index contributed by atoms with van der Waals surface area (Å²) in [5.41, 5.74) is 2.74. The van der Waals surface area contributed by atoms with Crippen LogP contribution in [-0.4, -0.2) is 17.1 Å². The zero-order valence-corrected chi connectivity index (χ0v) is 15.0. The molecule has 0 saturated carbocycles. The van der Waals surface area contributed by atoms with Gasteiger partial charge in [-0.1, -0.05) is 5.16 Å². The second-order valence-electron chi connectivity index (χ2n) is 5.99. The zero-order valence-electron chi connectivity index (χ0n) is 15.0. The number of hydrogen-bond acceptors (Lipinski definition) is 5. The molecule has 3 rings (SSSR count). The molecule has 8 heteroatoms. The van der Waals surface area contributed by atoms with Gasteiger partial charge in [0, 0.05) is 16.9 Å². The minimum absolute atomic E-state index is 0.165. The maximum Gasteiger partial charge on any atom is 0.319 e. The molecule has 2 aromatic heterocycles. The average molecular weight is 368 g/mol. The Hall–Kier alpha value is -3.55. The van der Waals surface area contributed by atoms with Gasteiger partial charge in [0.05, 0.1) is 24.9 Å². The smallest absolute Gasteiger partial charge is 0.319 e. The van der Waals surface area contributed by atoms with E-state index in [-0.39, 0.29) is 18.4 Å². The predicted molar refractivity (Wildman–Crippen MR) is 99.3 cm³/mol. The monoisotopic (exact) mass is 368 g/mol. The number of carbonyl (C=O) groups excluding carboxylic acids is 2. The van der Waals surface area contributed by atoms with Crippen molar-refractivity contribution in [3.05, 3.63) is 65.4 Å². The van der Waals surface area contributed by atoms with Gasteiger partial charge in [-0.05, 0) is 50.2 Å². The summed E-state index contributed by atoms with van der Waals surface area (Å²) in [5.74, 6) is 1.14. The molecule has 0 spiro atoms. The van der Waals surface area contributed by atoms with Gasteiger partial charge in [-0.15, -0.1) is 0 Å². The lowest BCUT2D eigenvalue weighted by Gasteiger charge is -2.08. The van der Waals surface area contributed by atoms with Crippen molar-refractivity contribution in [1.82, 2.24) is 10.5 Å². The van der Waals surface area contributed by atoms with E-state index in [0.717, 1.165) is 5.56 Å². The van der Waals surface area contributed by atoms with Gasteiger partial charge in [0.15, 0.2) is 0 Å². The van der Waals surface area contributed by atoms with Gasteiger partial charge in [0.25, 0.3) is 0 Å². The van der Waals surface area contributed by atoms with Crippen molar-refractivity contribution in [3.63, 3.8) is 0 Å². The van der Waals surface area contributed by atoms with Crippen LogP contribution in [0.15, 0.2) is 51.6 Å². The van der Waals surface area contributed by atoms with Crippen molar-refractivity contribution < 1.29 is 18.5 Å². The van der Waals surface area contributed by atoms with Crippen LogP contribution in [0.2, 0.25) is 0 Å². The largest absolute Gasteiger partial charge is 0.467 e. The predicted octanol–water partition coefficient (Wildman–Crippen LogP) is 3.39. The molecule has 0 aliphatic carbocycles. The molecule has 0 atom stereocenters. The van der Waals surface area contributed by atoms with E-state index in [1.807, 2.05) is 0 Å². The minimum Gasteiger partial charge on any atom is -0.467 e. The average Bonchev–Trinajstić information content (AvgIpc) is 3.27. The highest BCUT2D eigenvalue weighted by Crippen LogP contribution is 2.16. The number of urea groups is 1. The third-order valence-electron chi connectivity index (χ3n) is 3.95. The number of anilines is 2. The lowest BCUT2D eigenvalue weighted by molar-refractivity contribution is -0.115. The van der Waals surface area contributed by atoms with E-state index in [4.69, 9.17) is 8.94 Å². The zero-order chi connectivity index (χ0) is 19.2. The molecule has 3 aromatic rings. The van der Waals surface area contributed by atoms with Crippen molar-refractivity contribution in [2.45, 2.75) is 26.8 Å². The standard InChI is InChI=1S/C19H20N4O4/c1-12-17(13(2)27-23-12)10-18(24)21-14-5-7-15(8-6-14)22-19(25)20-11-16-4-3-9-26-16/h3-9H,10-11H2,1-2H3,(H,21,24)(H2,20,22,25). The Bertz CT molecular complexity index is 894. The van der Waals surface area contributed by atoms with Crippen LogP contribution >= 0.6 is 0 Å². The number of rotatable bonds is 6. The van der Waals surface area contributed by atoms with E-state index in [1.165, 1.54) is 0 Å². The van der Waals surface area contributed by atoms with Gasteiger partial charge in [0.2, 0.25) is 5.91 Å². The van der Waals surface area contributed by atoms with Crippen LogP contribution in [0.3, 0.4) is 0 Å². The summed E-state index contributed by atoms with van der Waals surface area (Å²) >= 11 is 0. The van der Waals surface area contributed by atoms with Crippen LogP contribution < -0.4 is 16.0 Å². The molecule has 1 aromatic carbocycles. The first-order valence-corrected chi connectivity index (χ1v) is 8.40. The van der Waals surface area contributed by atoms with Gasteiger partial charge >= 0.3 is 6.03 Å². The Labute approximate surface area is 155 Å². The number of nitrogens with one attached hydrogen (secondary N) is 3. The van der Waals surface area contributed by atoms with Crippen LogP contribution in [0.25, 0.3) is 0 Å². The van der Waals surface area contributed by atoms with E-state index >= 15 is 0 Å². The number of aryl methyl sites for hydroxylation is 2. The summed E-state index contributed by atoms with van der Waals surface area (Å²) in [7, 11) is 0. The van der Waals surface area contributed by atoms with Crippen molar-refractivity contribution in [2.24, 2.45) is 0 Å². The van der Waals surface area contributed by atoms with Gasteiger partial charge in [-0.2, -0.15) is 0 Å². The Morgan fingerprint density at radius 3 is 2.33 bits per heavy atom. The lowest BCUT2D eigenvalue weighted by Crippen LogP contribution is -2.27. The summed E-state index contributed by atoms with van der Waals surface area (Å²) < 4.78 is 10.2. The topological polar surface area (TPSA) is 109 Å². The summed E-state index contributed by atoms with van der Waals surface area (Å²) in [6.07, 6.45) is 1.74. The van der Waals surface area contributed by atoms with Crippen LogP contribution in [0.1, 0.15) is 22.8 Å². The third kappa shape index (κ3) is 4.97. The fraction of sp³-hybridized carbons (Fsp3) is 0.211. The molecule has 3 N–H and O–H groups in total. The number of carbonyl (C=O) groups is 2. The molecular weight excluding hydrogens is 348 g/mol. The van der Waals surface area contributed by atoms with Gasteiger partial charge in [-0.3, -0.25) is 4.79 Å². The third-order valence-corrected chi connectivity index (χ3v) is 3.95. The van der Waals surface area contributed by atoms with Crippen LogP contribution in [0, 0.1) is 13.8 Å². The fourth-order valence-corrected chi connectivity index (χ4v) is 2.51. The van der Waals surface area contributed by atoms with E-state index in [0.29, 0.717) is 35.1 Å². The van der Waals surface area contributed by atoms with E-state index in [1.54, 1.807) is 56.5 Å². The Morgan fingerprint density at radius 2 is 1.74 bits per heavy atom. The van der Waals surface area contributed by atoms with Crippen LogP contribution in [-0.2, 0) is 17.8 Å². The molecule has 0 fully saturated rings. The van der Waals surface area contributed by atoms with Crippen molar-refractivity contribution in [1.29, 1.82) is 0 Å². The fourth-order valence-electron chi connectivity index (χ4n) is 2.51. The molecule has 27 heavy (non-hydrogen) atoms. The van der Waals surface area contributed by atoms with E-state index in [2.05, 4.69) is 21.1 Å². The number of nitrogens with zero attached hydrogens (tertiary/aromatic N) is 1. The second-order valence-corrected chi connectivity index (χ2v) is 5.99. The second kappa shape index (κ2) is 8.22. The number of aromatic nitrogens is 1. The Balaban J connectivity index is 1.49. The van der Waals surface area contributed by atoms with Crippen molar-refractivity contribution in [2.75, 3.05) is 10.6 Å². The number of amides is 3. The molecule has 0 aliphatic rings. The van der Waals surface area contributed by atoms with Crippen molar-refractivity contribution in [3.8, 4) is 0 Å². The normalized spacial score (nSPS) is 10.4. The Kier molecular flexibility index (Phi) is 5.55. The van der Waals surface area contributed by atoms with Crippen LogP contribution in [0.4, 0.5) is 16.2 Å². The lowest BCUT2D eigenvalue weighted by atomic mass is 10.1. The molecule has 0 aliphatic heterocycles. The summed E-state index contributed by atoms with van der Waals surface area (Å²) in [4.78, 5) is 24.0. The first-order valence-electron chi connectivity index (χ1n) is 8.40. The van der Waals surface area contributed by atoms with E-state index in [9.17, 15) is 9.59 Å². The quantitative estimate of drug-likeness (QED) is 0.618. The van der Waals surface area contributed by atoms with Crippen LogP contribution in [0.5, 0.6) is 0 Å². The number of hydrogen-bond donors (Lipinski definition) is 3. The summed E-state index contributed by atoms with van der Waals surface area (Å²) in [6.45, 7) is 3.88. The highest BCUT2D eigenvalue weighted by molar-refractivity contribution is 5.93. The SMILES string of the molecule is Cc1noc(C)c1CC(=O)Nc1ccc(NC(=O)NCc2ccco2)cc1. The van der Waals surface area contributed by atoms with E-state index < -0.39 is 0 Å². The minimum atomic E-state index is -0.346. The molecule has 0 bridgehead atoms. The number of furan rings is 1. The number of benzene rings is 1. The maximum atomic E-state index is 12.2. The molecule has 0 radical (unpaired) electrons. The highest BCUT2D eigenvalue weighted by Gasteiger charge is 2.13. The van der Waals surface area contributed by atoms with Crippen molar-refractivity contribution >= 4 is 23.3 Å². The molecule has 140 valence electrons. The summed E-state index contributed by atoms with van der Waals surface area (Å²) in [6, 6.07) is 10.0. The maximum absolute atomic E-state index is 12.2. The Morgan fingerprint density at radius 1 is 1.04 bits per heavy atom. The highest BCUT2D eigenvalue weighted by atomic mass is 16.5. The molecular formula is C19H20N4O4. The first kappa shape index (κ1) is 18.2. The molecule has 8 nitrogen and oxygen atoms in total. The van der Waals surface area contributed by atoms with Gasteiger partial charge in [0.1, 0.15) is 11.5 Å². The van der Waals surface area contributed by atoms with Gasteiger partial charge < -0.3 is 24.9 Å². The van der Waals surface area contributed by atoms with Gasteiger partial charge in [-0.25, -0.2) is 4.79 Å². The molecule has 0 unspecified atom stereocenters. The molecule has 2 heterocycles.